The van der Waals surface area contributed by atoms with Crippen molar-refractivity contribution in [3.8, 4) is 11.3 Å². The molecule has 0 saturated heterocycles. The van der Waals surface area contributed by atoms with Gasteiger partial charge in [0.05, 0.1) is 11.7 Å². The minimum atomic E-state index is -0.00338. The maximum absolute atomic E-state index is 5.99. The molecule has 1 aliphatic rings. The smallest absolute Gasteiger partial charge is 0.123 e. The number of rotatable bonds is 2. The van der Waals surface area contributed by atoms with Crippen LogP contribution in [0, 0.1) is 0 Å². The number of aromatic amines is 1. The summed E-state index contributed by atoms with van der Waals surface area (Å²) in [5.74, 6) is 0.887. The molecule has 4 heteroatoms. The van der Waals surface area contributed by atoms with Crippen molar-refractivity contribution in [2.24, 2.45) is 5.73 Å². The Morgan fingerprint density at radius 1 is 1.53 bits per heavy atom. The van der Waals surface area contributed by atoms with Crippen LogP contribution in [-0.2, 0) is 6.42 Å². The highest BCUT2D eigenvalue weighted by atomic mass is 35.5. The van der Waals surface area contributed by atoms with Gasteiger partial charge in [-0.1, -0.05) is 24.6 Å². The van der Waals surface area contributed by atoms with Crippen LogP contribution < -0.4 is 5.73 Å². The first kappa shape index (κ1) is 10.8. The number of fused-ring (bicyclic) bond motifs is 3. The lowest BCUT2D eigenvalue weighted by atomic mass is 10.1. The molecule has 1 aromatic heterocycles. The van der Waals surface area contributed by atoms with Gasteiger partial charge in [-0.3, -0.25) is 0 Å². The normalized spacial score (nSPS) is 14.5. The second kappa shape index (κ2) is 3.86. The van der Waals surface area contributed by atoms with Gasteiger partial charge in [-0.15, -0.1) is 0 Å². The summed E-state index contributed by atoms with van der Waals surface area (Å²) >= 11 is 5.99. The third kappa shape index (κ3) is 1.66. The molecule has 0 amide bonds. The van der Waals surface area contributed by atoms with Crippen LogP contribution in [0.3, 0.4) is 0 Å². The molecule has 3 N–H and O–H groups in total. The number of aromatic nitrogens is 2. The fourth-order valence-electron chi connectivity index (χ4n) is 2.28. The van der Waals surface area contributed by atoms with Crippen LogP contribution in [0.25, 0.3) is 11.3 Å². The van der Waals surface area contributed by atoms with Crippen molar-refractivity contribution in [3.63, 3.8) is 0 Å². The molecule has 3 nitrogen and oxygen atoms in total. The Bertz CT molecular complexity index is 574. The van der Waals surface area contributed by atoms with Gasteiger partial charge in [0.15, 0.2) is 0 Å². The van der Waals surface area contributed by atoms with E-state index < -0.39 is 0 Å². The van der Waals surface area contributed by atoms with E-state index >= 15 is 0 Å². The minimum absolute atomic E-state index is 0.00338. The minimum Gasteiger partial charge on any atom is -0.344 e. The summed E-state index contributed by atoms with van der Waals surface area (Å²) < 4.78 is 0. The van der Waals surface area contributed by atoms with Gasteiger partial charge < -0.3 is 10.7 Å². The molecule has 0 bridgehead atoms. The number of nitrogens with zero attached hydrogens (tertiary/aromatic N) is 1. The van der Waals surface area contributed by atoms with E-state index in [0.29, 0.717) is 0 Å². The SMILES string of the molecule is CCC(N)c1nc2c([nH]1)Cc1cc(Cl)ccc1-2. The summed E-state index contributed by atoms with van der Waals surface area (Å²) in [5, 5.41) is 0.777. The molecular weight excluding hydrogens is 234 g/mol. The highest BCUT2D eigenvalue weighted by molar-refractivity contribution is 6.30. The van der Waals surface area contributed by atoms with Crippen LogP contribution in [0.2, 0.25) is 5.02 Å². The number of hydrogen-bond donors (Lipinski definition) is 2. The largest absolute Gasteiger partial charge is 0.344 e. The molecule has 0 fully saturated rings. The number of H-pyrrole nitrogens is 1. The lowest BCUT2D eigenvalue weighted by Gasteiger charge is -2.05. The first-order chi connectivity index (χ1) is 8.19. The number of benzene rings is 1. The second-order valence-electron chi connectivity index (χ2n) is 4.44. The molecule has 88 valence electrons. The summed E-state index contributed by atoms with van der Waals surface area (Å²) in [4.78, 5) is 7.94. The first-order valence-corrected chi connectivity index (χ1v) is 6.20. The second-order valence-corrected chi connectivity index (χ2v) is 4.88. The fraction of sp³-hybridized carbons (Fsp3) is 0.308. The van der Waals surface area contributed by atoms with E-state index in [2.05, 4.69) is 16.9 Å². The fourth-order valence-corrected chi connectivity index (χ4v) is 2.47. The summed E-state index contributed by atoms with van der Waals surface area (Å²) in [7, 11) is 0. The quantitative estimate of drug-likeness (QED) is 0.731. The van der Waals surface area contributed by atoms with Crippen molar-refractivity contribution in [1.29, 1.82) is 0 Å². The van der Waals surface area contributed by atoms with Gasteiger partial charge >= 0.3 is 0 Å². The standard InChI is InChI=1S/C13H14ClN3/c1-2-10(15)13-16-11-6-7-5-8(14)3-4-9(7)12(11)17-13/h3-5,10H,2,6,15H2,1H3,(H,16,17). The predicted octanol–water partition coefficient (Wildman–Crippen LogP) is 3.04. The number of nitrogens with one attached hydrogen (secondary N) is 1. The van der Waals surface area contributed by atoms with E-state index in [1.54, 1.807) is 0 Å². The van der Waals surface area contributed by atoms with E-state index in [1.807, 2.05) is 18.2 Å². The molecular formula is C13H14ClN3. The Morgan fingerprint density at radius 3 is 3.12 bits per heavy atom. The topological polar surface area (TPSA) is 54.7 Å². The molecule has 3 rings (SSSR count). The van der Waals surface area contributed by atoms with Crippen molar-refractivity contribution in [2.75, 3.05) is 0 Å². The third-order valence-corrected chi connectivity index (χ3v) is 3.51. The summed E-state index contributed by atoms with van der Waals surface area (Å²) in [6.07, 6.45) is 1.76. The van der Waals surface area contributed by atoms with Crippen LogP contribution in [-0.4, -0.2) is 9.97 Å². The Morgan fingerprint density at radius 2 is 2.35 bits per heavy atom. The maximum atomic E-state index is 5.99. The highest BCUT2D eigenvalue weighted by Crippen LogP contribution is 2.36. The number of nitrogens with two attached hydrogens (primary N) is 1. The van der Waals surface area contributed by atoms with E-state index in [4.69, 9.17) is 17.3 Å². The van der Waals surface area contributed by atoms with Gasteiger partial charge in [-0.2, -0.15) is 0 Å². The van der Waals surface area contributed by atoms with Crippen LogP contribution >= 0.6 is 11.6 Å². The van der Waals surface area contributed by atoms with Gasteiger partial charge in [0.1, 0.15) is 5.82 Å². The molecule has 0 saturated carbocycles. The van der Waals surface area contributed by atoms with Crippen LogP contribution in [0.4, 0.5) is 0 Å². The summed E-state index contributed by atoms with van der Waals surface area (Å²) in [6.45, 7) is 2.06. The van der Waals surface area contributed by atoms with Crippen molar-refractivity contribution in [2.45, 2.75) is 25.8 Å². The molecule has 17 heavy (non-hydrogen) atoms. The molecule has 1 aromatic carbocycles. The van der Waals surface area contributed by atoms with Gasteiger partial charge in [-0.05, 0) is 24.1 Å². The van der Waals surface area contributed by atoms with Crippen molar-refractivity contribution in [1.82, 2.24) is 9.97 Å². The number of imidazole rings is 1. The third-order valence-electron chi connectivity index (χ3n) is 3.28. The van der Waals surface area contributed by atoms with E-state index in [9.17, 15) is 0 Å². The molecule has 1 aliphatic carbocycles. The van der Waals surface area contributed by atoms with E-state index in [-0.39, 0.29) is 6.04 Å². The zero-order valence-corrected chi connectivity index (χ0v) is 10.4. The van der Waals surface area contributed by atoms with Crippen molar-refractivity contribution >= 4 is 11.6 Å². The van der Waals surface area contributed by atoms with Gasteiger partial charge in [0.25, 0.3) is 0 Å². The number of halogens is 1. The Balaban J connectivity index is 2.06. The summed E-state index contributed by atoms with van der Waals surface area (Å²) in [5.41, 5.74) is 10.6. The van der Waals surface area contributed by atoms with Crippen LogP contribution in [0.5, 0.6) is 0 Å². The molecule has 1 unspecified atom stereocenters. The average Bonchev–Trinajstić information content (AvgIpc) is 2.84. The Hall–Kier alpha value is -1.32. The Labute approximate surface area is 105 Å². The molecule has 0 spiro atoms. The first-order valence-electron chi connectivity index (χ1n) is 5.82. The zero-order valence-electron chi connectivity index (χ0n) is 9.63. The average molecular weight is 248 g/mol. The van der Waals surface area contributed by atoms with Crippen LogP contribution in [0.1, 0.15) is 36.5 Å². The summed E-state index contributed by atoms with van der Waals surface area (Å²) in [6, 6.07) is 5.94. The molecule has 0 radical (unpaired) electrons. The lowest BCUT2D eigenvalue weighted by molar-refractivity contribution is 0.656. The molecule has 1 atom stereocenters. The van der Waals surface area contributed by atoms with E-state index in [1.165, 1.54) is 11.1 Å². The number of hydrogen-bond acceptors (Lipinski definition) is 2. The van der Waals surface area contributed by atoms with Crippen LogP contribution in [0.15, 0.2) is 18.2 Å². The van der Waals surface area contributed by atoms with E-state index in [0.717, 1.165) is 35.1 Å². The Kier molecular flexibility index (Phi) is 2.45. The molecule has 0 aliphatic heterocycles. The monoisotopic (exact) mass is 247 g/mol. The van der Waals surface area contributed by atoms with Gasteiger partial charge in [0, 0.05) is 22.7 Å². The van der Waals surface area contributed by atoms with Gasteiger partial charge in [-0.25, -0.2) is 4.98 Å². The van der Waals surface area contributed by atoms with Crippen molar-refractivity contribution in [3.05, 3.63) is 40.3 Å². The molecule has 2 aromatic rings. The highest BCUT2D eigenvalue weighted by Gasteiger charge is 2.24. The molecule has 1 heterocycles. The predicted molar refractivity (Wildman–Crippen MR) is 69.1 cm³/mol. The van der Waals surface area contributed by atoms with Crippen molar-refractivity contribution < 1.29 is 0 Å². The van der Waals surface area contributed by atoms with Gasteiger partial charge in [0.2, 0.25) is 0 Å². The lowest BCUT2D eigenvalue weighted by Crippen LogP contribution is -2.10. The zero-order chi connectivity index (χ0) is 12.0. The maximum Gasteiger partial charge on any atom is 0.123 e.